The van der Waals surface area contributed by atoms with Gasteiger partial charge in [-0.3, -0.25) is 4.68 Å². The van der Waals surface area contributed by atoms with Gasteiger partial charge in [-0.05, 0) is 39.3 Å². The van der Waals surface area contributed by atoms with Gasteiger partial charge in [-0.25, -0.2) is 4.83 Å². The SMILES string of the molecule is CCn1cc(/C=N\NS(=O)(=O)c2ccc(C)cc2C)c(C)n1. The van der Waals surface area contributed by atoms with Gasteiger partial charge in [0.05, 0.1) is 16.8 Å². The molecular formula is C15H20N4O2S. The third kappa shape index (κ3) is 3.54. The summed E-state index contributed by atoms with van der Waals surface area (Å²) in [5, 5.41) is 8.12. The molecule has 0 unspecified atom stereocenters. The summed E-state index contributed by atoms with van der Waals surface area (Å²) in [6.45, 7) is 8.27. The van der Waals surface area contributed by atoms with Crippen molar-refractivity contribution in [3.63, 3.8) is 0 Å². The minimum atomic E-state index is -3.66. The summed E-state index contributed by atoms with van der Waals surface area (Å²) >= 11 is 0. The smallest absolute Gasteiger partial charge is 0.272 e. The number of aryl methyl sites for hydroxylation is 4. The number of nitrogens with one attached hydrogen (secondary N) is 1. The largest absolute Gasteiger partial charge is 0.276 e. The minimum absolute atomic E-state index is 0.233. The van der Waals surface area contributed by atoms with E-state index in [4.69, 9.17) is 0 Å². The van der Waals surface area contributed by atoms with E-state index in [1.807, 2.05) is 33.0 Å². The van der Waals surface area contributed by atoms with Crippen LogP contribution >= 0.6 is 0 Å². The fourth-order valence-corrected chi connectivity index (χ4v) is 3.16. The Bertz CT molecular complexity index is 807. The molecule has 0 fully saturated rings. The zero-order chi connectivity index (χ0) is 16.3. The summed E-state index contributed by atoms with van der Waals surface area (Å²) in [6.07, 6.45) is 3.29. The van der Waals surface area contributed by atoms with Gasteiger partial charge >= 0.3 is 0 Å². The normalized spacial score (nSPS) is 12.0. The van der Waals surface area contributed by atoms with Gasteiger partial charge in [0, 0.05) is 18.3 Å². The van der Waals surface area contributed by atoms with E-state index < -0.39 is 10.0 Å². The number of rotatable bonds is 5. The van der Waals surface area contributed by atoms with Crippen molar-refractivity contribution in [1.82, 2.24) is 14.6 Å². The highest BCUT2D eigenvalue weighted by Crippen LogP contribution is 2.16. The second-order valence-electron chi connectivity index (χ2n) is 5.15. The molecule has 1 aromatic carbocycles. The van der Waals surface area contributed by atoms with Gasteiger partial charge < -0.3 is 0 Å². The van der Waals surface area contributed by atoms with Crippen LogP contribution in [0.3, 0.4) is 0 Å². The Morgan fingerprint density at radius 3 is 2.64 bits per heavy atom. The molecule has 0 atom stereocenters. The molecule has 118 valence electrons. The summed E-state index contributed by atoms with van der Waals surface area (Å²) < 4.78 is 26.3. The zero-order valence-electron chi connectivity index (χ0n) is 13.2. The maximum atomic E-state index is 12.3. The van der Waals surface area contributed by atoms with E-state index >= 15 is 0 Å². The van der Waals surface area contributed by atoms with Crippen LogP contribution in [-0.4, -0.2) is 24.4 Å². The van der Waals surface area contributed by atoms with Crippen LogP contribution in [0, 0.1) is 20.8 Å². The number of sulfonamides is 1. The third-order valence-corrected chi connectivity index (χ3v) is 4.69. The Labute approximate surface area is 130 Å². The molecule has 0 spiro atoms. The van der Waals surface area contributed by atoms with Gasteiger partial charge in [0.15, 0.2) is 0 Å². The summed E-state index contributed by atoms with van der Waals surface area (Å²) in [5.41, 5.74) is 3.29. The Morgan fingerprint density at radius 2 is 2.05 bits per heavy atom. The summed E-state index contributed by atoms with van der Waals surface area (Å²) in [7, 11) is -3.66. The molecular weight excluding hydrogens is 300 g/mol. The molecule has 22 heavy (non-hydrogen) atoms. The van der Waals surface area contributed by atoms with Crippen LogP contribution in [-0.2, 0) is 16.6 Å². The van der Waals surface area contributed by atoms with Crippen molar-refractivity contribution in [1.29, 1.82) is 0 Å². The molecule has 0 radical (unpaired) electrons. The lowest BCUT2D eigenvalue weighted by atomic mass is 10.2. The molecule has 6 nitrogen and oxygen atoms in total. The molecule has 1 aromatic heterocycles. The molecule has 0 aliphatic carbocycles. The molecule has 0 saturated carbocycles. The summed E-state index contributed by atoms with van der Waals surface area (Å²) in [4.78, 5) is 2.48. The van der Waals surface area contributed by atoms with Crippen molar-refractivity contribution in [2.75, 3.05) is 0 Å². The van der Waals surface area contributed by atoms with Crippen LogP contribution in [0.25, 0.3) is 0 Å². The Morgan fingerprint density at radius 1 is 1.32 bits per heavy atom. The molecule has 1 heterocycles. The van der Waals surface area contributed by atoms with E-state index in [2.05, 4.69) is 15.0 Å². The van der Waals surface area contributed by atoms with Crippen molar-refractivity contribution in [3.8, 4) is 0 Å². The second-order valence-corrected chi connectivity index (χ2v) is 6.78. The minimum Gasteiger partial charge on any atom is -0.272 e. The van der Waals surface area contributed by atoms with E-state index in [1.165, 1.54) is 6.21 Å². The van der Waals surface area contributed by atoms with Crippen LogP contribution in [0.1, 0.15) is 29.3 Å². The lowest BCUT2D eigenvalue weighted by Crippen LogP contribution is -2.19. The summed E-state index contributed by atoms with van der Waals surface area (Å²) in [6, 6.07) is 5.18. The quantitative estimate of drug-likeness (QED) is 0.677. The third-order valence-electron chi connectivity index (χ3n) is 3.30. The predicted molar refractivity (Wildman–Crippen MR) is 86.5 cm³/mol. The first-order chi connectivity index (χ1) is 10.3. The van der Waals surface area contributed by atoms with Crippen LogP contribution < -0.4 is 4.83 Å². The van der Waals surface area contributed by atoms with Crippen LogP contribution in [0.2, 0.25) is 0 Å². The van der Waals surface area contributed by atoms with Crippen molar-refractivity contribution in [2.24, 2.45) is 5.10 Å². The van der Waals surface area contributed by atoms with E-state index in [0.717, 1.165) is 23.4 Å². The van der Waals surface area contributed by atoms with Gasteiger partial charge in [-0.15, -0.1) is 0 Å². The molecule has 0 saturated heterocycles. The van der Waals surface area contributed by atoms with Crippen molar-refractivity contribution >= 4 is 16.2 Å². The molecule has 2 rings (SSSR count). The number of aromatic nitrogens is 2. The van der Waals surface area contributed by atoms with Crippen molar-refractivity contribution in [2.45, 2.75) is 39.1 Å². The second kappa shape index (κ2) is 6.31. The van der Waals surface area contributed by atoms with Gasteiger partial charge in [0.1, 0.15) is 0 Å². The molecule has 1 N–H and O–H groups in total. The number of hydrogen-bond acceptors (Lipinski definition) is 4. The van der Waals surface area contributed by atoms with Crippen molar-refractivity contribution < 1.29 is 8.42 Å². The van der Waals surface area contributed by atoms with Gasteiger partial charge in [-0.2, -0.15) is 18.6 Å². The van der Waals surface area contributed by atoms with Gasteiger partial charge in [-0.1, -0.05) is 17.7 Å². The fourth-order valence-electron chi connectivity index (χ4n) is 2.14. The van der Waals surface area contributed by atoms with Crippen LogP contribution in [0.5, 0.6) is 0 Å². The number of hydrogen-bond donors (Lipinski definition) is 1. The number of hydrazone groups is 1. The van der Waals surface area contributed by atoms with E-state index in [9.17, 15) is 8.42 Å². The zero-order valence-corrected chi connectivity index (χ0v) is 14.0. The van der Waals surface area contributed by atoms with Gasteiger partial charge in [0.25, 0.3) is 10.0 Å². The average Bonchev–Trinajstić information content (AvgIpc) is 2.79. The molecule has 2 aromatic rings. The topological polar surface area (TPSA) is 76.3 Å². The van der Waals surface area contributed by atoms with Gasteiger partial charge in [0.2, 0.25) is 0 Å². The maximum absolute atomic E-state index is 12.3. The van der Waals surface area contributed by atoms with E-state index in [1.54, 1.807) is 23.7 Å². The first-order valence-corrected chi connectivity index (χ1v) is 8.48. The van der Waals surface area contributed by atoms with Crippen LogP contribution in [0.4, 0.5) is 0 Å². The highest BCUT2D eigenvalue weighted by atomic mass is 32.2. The fraction of sp³-hybridized carbons (Fsp3) is 0.333. The van der Waals surface area contributed by atoms with E-state index in [0.29, 0.717) is 5.56 Å². The number of benzene rings is 1. The van der Waals surface area contributed by atoms with E-state index in [-0.39, 0.29) is 4.90 Å². The molecule has 0 aliphatic heterocycles. The Kier molecular flexibility index (Phi) is 4.65. The lowest BCUT2D eigenvalue weighted by Gasteiger charge is -2.07. The van der Waals surface area contributed by atoms with Crippen LogP contribution in [0.15, 0.2) is 34.4 Å². The monoisotopic (exact) mass is 320 g/mol. The predicted octanol–water partition coefficient (Wildman–Crippen LogP) is 2.14. The standard InChI is InChI=1S/C15H20N4O2S/c1-5-19-10-14(13(4)17-19)9-16-18-22(20,21)15-7-6-11(2)8-12(15)3/h6-10,18H,5H2,1-4H3/b16-9-. The molecule has 7 heteroatoms. The molecule has 0 amide bonds. The highest BCUT2D eigenvalue weighted by Gasteiger charge is 2.15. The average molecular weight is 320 g/mol. The molecule has 0 aliphatic rings. The molecule has 0 bridgehead atoms. The summed E-state index contributed by atoms with van der Waals surface area (Å²) in [5.74, 6) is 0. The Balaban J connectivity index is 2.18. The first-order valence-electron chi connectivity index (χ1n) is 6.99. The maximum Gasteiger partial charge on any atom is 0.276 e. The lowest BCUT2D eigenvalue weighted by molar-refractivity contribution is 0.584. The Hall–Kier alpha value is -2.15. The first kappa shape index (κ1) is 16.2. The number of nitrogens with zero attached hydrogens (tertiary/aromatic N) is 3. The van der Waals surface area contributed by atoms with Crippen molar-refractivity contribution in [3.05, 3.63) is 46.8 Å². The highest BCUT2D eigenvalue weighted by molar-refractivity contribution is 7.89.